The third kappa shape index (κ3) is 3.38. The van der Waals surface area contributed by atoms with Gasteiger partial charge in [0, 0.05) is 10.7 Å². The van der Waals surface area contributed by atoms with Crippen molar-refractivity contribution in [2.45, 2.75) is 20.4 Å². The van der Waals surface area contributed by atoms with Crippen LogP contribution in [0.4, 0.5) is 0 Å². The highest BCUT2D eigenvalue weighted by atomic mass is 79.9. The minimum atomic E-state index is -0.127. The van der Waals surface area contributed by atoms with Crippen molar-refractivity contribution in [3.8, 4) is 0 Å². The fraction of sp³-hybridized carbons (Fsp3) is 0.214. The molecule has 0 aliphatic carbocycles. The maximum Gasteiger partial charge on any atom is 0.252 e. The summed E-state index contributed by atoms with van der Waals surface area (Å²) in [6, 6.07) is 5.60. The van der Waals surface area contributed by atoms with Crippen molar-refractivity contribution in [1.82, 2.24) is 15.3 Å². The average Bonchev–Trinajstić information content (AvgIpc) is 2.41. The third-order valence-corrected chi connectivity index (χ3v) is 3.75. The number of hydrogen-bond acceptors (Lipinski definition) is 3. The second-order valence-corrected chi connectivity index (χ2v) is 5.06. The highest BCUT2D eigenvalue weighted by molar-refractivity contribution is 9.10. The number of nitrogens with zero attached hydrogens (tertiary/aromatic N) is 2. The molecule has 0 bridgehead atoms. The minimum Gasteiger partial charge on any atom is -0.346 e. The molecule has 2 rings (SSSR count). The summed E-state index contributed by atoms with van der Waals surface area (Å²) in [5.41, 5.74) is 3.25. The summed E-state index contributed by atoms with van der Waals surface area (Å²) in [6.07, 6.45) is 3.35. The normalized spacial score (nSPS) is 10.3. The number of carbonyl (C=O) groups is 1. The van der Waals surface area contributed by atoms with Gasteiger partial charge in [-0.25, -0.2) is 0 Å². The molecule has 0 fully saturated rings. The lowest BCUT2D eigenvalue weighted by atomic mass is 10.1. The van der Waals surface area contributed by atoms with Gasteiger partial charge in [0.25, 0.3) is 5.91 Å². The molecule has 0 saturated carbocycles. The molecule has 4 nitrogen and oxygen atoms in total. The van der Waals surface area contributed by atoms with Crippen LogP contribution in [0.2, 0.25) is 0 Å². The van der Waals surface area contributed by atoms with Gasteiger partial charge in [0.2, 0.25) is 0 Å². The Kier molecular flexibility index (Phi) is 4.27. The van der Waals surface area contributed by atoms with Crippen molar-refractivity contribution in [1.29, 1.82) is 0 Å². The van der Waals surface area contributed by atoms with Gasteiger partial charge in [-0.2, -0.15) is 0 Å². The Hall–Kier alpha value is -1.75. The number of rotatable bonds is 3. The SMILES string of the molecule is Cc1cnc(CNC(=O)c2cccc(C)c2Br)cn1. The Balaban J connectivity index is 2.05. The first-order chi connectivity index (χ1) is 9.08. The smallest absolute Gasteiger partial charge is 0.252 e. The first kappa shape index (κ1) is 13.7. The quantitative estimate of drug-likeness (QED) is 0.946. The molecule has 0 radical (unpaired) electrons. The number of halogens is 1. The van der Waals surface area contributed by atoms with E-state index < -0.39 is 0 Å². The van der Waals surface area contributed by atoms with Crippen LogP contribution in [0.25, 0.3) is 0 Å². The molecule has 1 N–H and O–H groups in total. The lowest BCUT2D eigenvalue weighted by molar-refractivity contribution is 0.0949. The van der Waals surface area contributed by atoms with Crippen LogP contribution in [0.5, 0.6) is 0 Å². The van der Waals surface area contributed by atoms with Crippen molar-refractivity contribution < 1.29 is 4.79 Å². The van der Waals surface area contributed by atoms with Crippen LogP contribution in [0, 0.1) is 13.8 Å². The largest absolute Gasteiger partial charge is 0.346 e. The molecule has 0 aliphatic heterocycles. The zero-order valence-electron chi connectivity index (χ0n) is 10.8. The average molecular weight is 320 g/mol. The molecule has 0 saturated heterocycles. The number of aryl methyl sites for hydroxylation is 2. The second-order valence-electron chi connectivity index (χ2n) is 4.27. The molecule has 1 aromatic heterocycles. The number of benzene rings is 1. The van der Waals surface area contributed by atoms with E-state index in [-0.39, 0.29) is 5.91 Å². The van der Waals surface area contributed by atoms with E-state index in [1.807, 2.05) is 26.0 Å². The molecule has 0 atom stereocenters. The van der Waals surface area contributed by atoms with Crippen LogP contribution in [-0.4, -0.2) is 15.9 Å². The summed E-state index contributed by atoms with van der Waals surface area (Å²) >= 11 is 3.43. The summed E-state index contributed by atoms with van der Waals surface area (Å²) in [6.45, 7) is 4.19. The molecule has 0 aliphatic rings. The predicted octanol–water partition coefficient (Wildman–Crippen LogP) is 2.79. The Bertz CT molecular complexity index is 596. The lowest BCUT2D eigenvalue weighted by Crippen LogP contribution is -2.24. The summed E-state index contributed by atoms with van der Waals surface area (Å²) in [4.78, 5) is 20.4. The van der Waals surface area contributed by atoms with Gasteiger partial charge in [0.15, 0.2) is 0 Å². The highest BCUT2D eigenvalue weighted by Crippen LogP contribution is 2.20. The number of nitrogens with one attached hydrogen (secondary N) is 1. The van der Waals surface area contributed by atoms with E-state index >= 15 is 0 Å². The molecule has 98 valence electrons. The van der Waals surface area contributed by atoms with E-state index in [2.05, 4.69) is 31.2 Å². The Morgan fingerprint density at radius 2 is 2.05 bits per heavy atom. The van der Waals surface area contributed by atoms with E-state index in [4.69, 9.17) is 0 Å². The molecule has 0 spiro atoms. The van der Waals surface area contributed by atoms with Gasteiger partial charge in [0.05, 0.1) is 29.7 Å². The van der Waals surface area contributed by atoms with Gasteiger partial charge in [0.1, 0.15) is 0 Å². The zero-order chi connectivity index (χ0) is 13.8. The van der Waals surface area contributed by atoms with Gasteiger partial charge in [-0.15, -0.1) is 0 Å². The molecular formula is C14H14BrN3O. The Morgan fingerprint density at radius 3 is 2.74 bits per heavy atom. The van der Waals surface area contributed by atoms with Gasteiger partial charge in [-0.05, 0) is 41.4 Å². The number of carbonyl (C=O) groups excluding carboxylic acids is 1. The van der Waals surface area contributed by atoms with Crippen molar-refractivity contribution >= 4 is 21.8 Å². The maximum atomic E-state index is 12.1. The van der Waals surface area contributed by atoms with Crippen LogP contribution >= 0.6 is 15.9 Å². The van der Waals surface area contributed by atoms with E-state index in [1.54, 1.807) is 18.5 Å². The van der Waals surface area contributed by atoms with E-state index in [1.165, 1.54) is 0 Å². The van der Waals surface area contributed by atoms with Crippen LogP contribution in [0.3, 0.4) is 0 Å². The van der Waals surface area contributed by atoms with Gasteiger partial charge in [-0.1, -0.05) is 12.1 Å². The minimum absolute atomic E-state index is 0.127. The zero-order valence-corrected chi connectivity index (χ0v) is 12.4. The standard InChI is InChI=1S/C14H14BrN3O/c1-9-4-3-5-12(13(9)15)14(19)18-8-11-7-16-10(2)6-17-11/h3-7H,8H2,1-2H3,(H,18,19). The molecule has 1 heterocycles. The number of amides is 1. The fourth-order valence-electron chi connectivity index (χ4n) is 1.60. The summed E-state index contributed by atoms with van der Waals surface area (Å²) in [5, 5.41) is 2.83. The summed E-state index contributed by atoms with van der Waals surface area (Å²) in [5.74, 6) is -0.127. The number of hydrogen-bond donors (Lipinski definition) is 1. The first-order valence-corrected chi connectivity index (χ1v) is 6.68. The molecule has 19 heavy (non-hydrogen) atoms. The molecule has 1 amide bonds. The Morgan fingerprint density at radius 1 is 1.26 bits per heavy atom. The van der Waals surface area contributed by atoms with Crippen LogP contribution < -0.4 is 5.32 Å². The van der Waals surface area contributed by atoms with Gasteiger partial charge in [-0.3, -0.25) is 14.8 Å². The summed E-state index contributed by atoms with van der Waals surface area (Å²) in [7, 11) is 0. The molecule has 1 aromatic carbocycles. The maximum absolute atomic E-state index is 12.1. The van der Waals surface area contributed by atoms with Crippen molar-refractivity contribution in [3.05, 3.63) is 57.6 Å². The highest BCUT2D eigenvalue weighted by Gasteiger charge is 2.11. The summed E-state index contributed by atoms with van der Waals surface area (Å²) < 4.78 is 0.822. The van der Waals surface area contributed by atoms with Crippen LogP contribution in [-0.2, 0) is 6.54 Å². The molecule has 0 unspecified atom stereocenters. The van der Waals surface area contributed by atoms with Gasteiger partial charge < -0.3 is 5.32 Å². The Labute approximate surface area is 120 Å². The topological polar surface area (TPSA) is 54.9 Å². The van der Waals surface area contributed by atoms with Crippen LogP contribution in [0.1, 0.15) is 27.3 Å². The first-order valence-electron chi connectivity index (χ1n) is 5.89. The second kappa shape index (κ2) is 5.93. The third-order valence-electron chi connectivity index (χ3n) is 2.70. The molecule has 5 heteroatoms. The lowest BCUT2D eigenvalue weighted by Gasteiger charge is -2.08. The predicted molar refractivity (Wildman–Crippen MR) is 76.8 cm³/mol. The van der Waals surface area contributed by atoms with Crippen molar-refractivity contribution in [2.75, 3.05) is 0 Å². The van der Waals surface area contributed by atoms with E-state index in [0.717, 1.165) is 21.4 Å². The van der Waals surface area contributed by atoms with Crippen LogP contribution in [0.15, 0.2) is 35.1 Å². The van der Waals surface area contributed by atoms with Crippen molar-refractivity contribution in [3.63, 3.8) is 0 Å². The molecular weight excluding hydrogens is 306 g/mol. The van der Waals surface area contributed by atoms with Crippen molar-refractivity contribution in [2.24, 2.45) is 0 Å². The van der Waals surface area contributed by atoms with E-state index in [9.17, 15) is 4.79 Å². The number of aromatic nitrogens is 2. The monoisotopic (exact) mass is 319 g/mol. The fourth-order valence-corrected chi connectivity index (χ4v) is 2.04. The van der Waals surface area contributed by atoms with E-state index in [0.29, 0.717) is 12.1 Å². The molecule has 2 aromatic rings. The van der Waals surface area contributed by atoms with Gasteiger partial charge >= 0.3 is 0 Å².